The highest BCUT2D eigenvalue weighted by Gasteiger charge is 2.49. The zero-order valence-electron chi connectivity index (χ0n) is 39.0. The molecular formula is C48H92N2O6. The number of nitrogens with zero attached hydrogens (tertiary/aromatic N) is 2. The highest BCUT2D eigenvalue weighted by molar-refractivity contribution is 5.69. The maximum atomic E-state index is 12.8. The summed E-state index contributed by atoms with van der Waals surface area (Å²) in [5, 5.41) is 4.37. The van der Waals surface area contributed by atoms with Crippen LogP contribution in [-0.4, -0.2) is 69.6 Å². The van der Waals surface area contributed by atoms with Crippen molar-refractivity contribution in [1.29, 1.82) is 0 Å². The molecular weight excluding hydrogens is 701 g/mol. The van der Waals surface area contributed by atoms with Crippen molar-refractivity contribution in [3.05, 3.63) is 0 Å². The zero-order valence-corrected chi connectivity index (χ0v) is 39.0. The highest BCUT2D eigenvalue weighted by atomic mass is 16.7. The predicted molar refractivity (Wildman–Crippen MR) is 232 cm³/mol. The minimum Gasteiger partial charge on any atom is -0.462 e. The van der Waals surface area contributed by atoms with E-state index in [1.54, 1.807) is 0 Å². The van der Waals surface area contributed by atoms with Gasteiger partial charge in [0.05, 0.1) is 13.2 Å². The van der Waals surface area contributed by atoms with Gasteiger partial charge in [-0.3, -0.25) is 19.3 Å². The van der Waals surface area contributed by atoms with Gasteiger partial charge in [-0.25, -0.2) is 0 Å². The minimum atomic E-state index is -0.206. The summed E-state index contributed by atoms with van der Waals surface area (Å²) < 4.78 is 12.1. The first kappa shape index (κ1) is 50.9. The molecule has 8 nitrogen and oxygen atoms in total. The van der Waals surface area contributed by atoms with E-state index in [9.17, 15) is 9.59 Å². The number of hydroxylamine groups is 4. The molecule has 2 fully saturated rings. The third-order valence-electron chi connectivity index (χ3n) is 12.0. The minimum absolute atomic E-state index is 0.0807. The van der Waals surface area contributed by atoms with E-state index >= 15 is 0 Å². The van der Waals surface area contributed by atoms with Crippen LogP contribution in [0.4, 0.5) is 0 Å². The fraction of sp³-hybridized carbons (Fsp3) is 0.958. The second-order valence-electron chi connectivity index (χ2n) is 21.1. The number of ether oxygens (including phenoxy) is 2. The number of rotatable bonds is 29. The molecule has 0 spiro atoms. The Hall–Kier alpha value is -1.22. The van der Waals surface area contributed by atoms with Gasteiger partial charge in [0, 0.05) is 60.7 Å². The summed E-state index contributed by atoms with van der Waals surface area (Å²) in [7, 11) is 0. The van der Waals surface area contributed by atoms with E-state index in [0.717, 1.165) is 102 Å². The SMILES string of the molecule is CC(C)CCCCCCCON1C(C)(C)CC(OC(=O)CCCCCCCCC(=O)OC2CC(C)(C)N(OCCCCCCCC(C)C)C(C)(C)C2)CC1(C)C. The first-order chi connectivity index (χ1) is 26.2. The maximum Gasteiger partial charge on any atom is 0.306 e. The summed E-state index contributed by atoms with van der Waals surface area (Å²) in [5.41, 5.74) is -0.826. The second-order valence-corrected chi connectivity index (χ2v) is 21.1. The van der Waals surface area contributed by atoms with Crippen LogP contribution in [0.15, 0.2) is 0 Å². The Morgan fingerprint density at radius 1 is 0.446 bits per heavy atom. The Kier molecular flexibility index (Phi) is 23.1. The topological polar surface area (TPSA) is 77.5 Å². The molecule has 0 N–H and O–H groups in total. The van der Waals surface area contributed by atoms with Gasteiger partial charge in [0.15, 0.2) is 0 Å². The molecule has 0 aromatic carbocycles. The van der Waals surface area contributed by atoms with E-state index in [-0.39, 0.29) is 46.3 Å². The smallest absolute Gasteiger partial charge is 0.306 e. The van der Waals surface area contributed by atoms with Gasteiger partial charge in [-0.15, -0.1) is 0 Å². The Bertz CT molecular complexity index is 966. The molecule has 2 aliphatic rings. The van der Waals surface area contributed by atoms with Crippen LogP contribution in [0.5, 0.6) is 0 Å². The number of carbonyl (C=O) groups is 2. The second kappa shape index (κ2) is 25.4. The summed E-state index contributed by atoms with van der Waals surface area (Å²) in [4.78, 5) is 38.4. The highest BCUT2D eigenvalue weighted by Crippen LogP contribution is 2.41. The predicted octanol–water partition coefficient (Wildman–Crippen LogP) is 13.1. The van der Waals surface area contributed by atoms with Gasteiger partial charge in [-0.2, -0.15) is 10.1 Å². The number of unbranched alkanes of at least 4 members (excludes halogenated alkanes) is 13. The van der Waals surface area contributed by atoms with Crippen LogP contribution in [0.25, 0.3) is 0 Å². The van der Waals surface area contributed by atoms with Crippen molar-refractivity contribution in [2.24, 2.45) is 11.8 Å². The molecule has 2 saturated heterocycles. The van der Waals surface area contributed by atoms with Crippen LogP contribution >= 0.6 is 0 Å². The van der Waals surface area contributed by atoms with E-state index < -0.39 is 0 Å². The van der Waals surface area contributed by atoms with E-state index in [0.29, 0.717) is 12.8 Å². The van der Waals surface area contributed by atoms with Crippen LogP contribution in [0, 0.1) is 11.8 Å². The summed E-state index contributed by atoms with van der Waals surface area (Å²) in [5.74, 6) is 1.44. The van der Waals surface area contributed by atoms with Gasteiger partial charge in [0.25, 0.3) is 0 Å². The summed E-state index contributed by atoms with van der Waals surface area (Å²) in [6.07, 6.45) is 24.8. The molecule has 0 amide bonds. The number of hydrogen-bond donors (Lipinski definition) is 0. The van der Waals surface area contributed by atoms with Gasteiger partial charge < -0.3 is 9.47 Å². The lowest BCUT2D eigenvalue weighted by Gasteiger charge is -2.53. The lowest BCUT2D eigenvalue weighted by Crippen LogP contribution is -2.62. The van der Waals surface area contributed by atoms with Gasteiger partial charge >= 0.3 is 11.9 Å². The number of carbonyl (C=O) groups excluding carboxylic acids is 2. The van der Waals surface area contributed by atoms with Crippen LogP contribution < -0.4 is 0 Å². The van der Waals surface area contributed by atoms with E-state index in [4.69, 9.17) is 19.1 Å². The summed E-state index contributed by atoms with van der Waals surface area (Å²) >= 11 is 0. The van der Waals surface area contributed by atoms with Crippen molar-refractivity contribution in [3.8, 4) is 0 Å². The van der Waals surface area contributed by atoms with Crippen molar-refractivity contribution in [3.63, 3.8) is 0 Å². The molecule has 0 aliphatic carbocycles. The van der Waals surface area contributed by atoms with Crippen LogP contribution in [-0.2, 0) is 28.7 Å². The first-order valence-corrected chi connectivity index (χ1v) is 23.5. The number of hydrogen-bond acceptors (Lipinski definition) is 8. The molecule has 0 bridgehead atoms. The van der Waals surface area contributed by atoms with Crippen LogP contribution in [0.2, 0.25) is 0 Å². The van der Waals surface area contributed by atoms with Gasteiger partial charge in [-0.05, 0) is 92.9 Å². The Labute approximate surface area is 346 Å². The lowest BCUT2D eigenvalue weighted by atomic mass is 9.80. The van der Waals surface area contributed by atoms with E-state index in [1.165, 1.54) is 64.2 Å². The van der Waals surface area contributed by atoms with Crippen molar-refractivity contribution < 1.29 is 28.7 Å². The largest absolute Gasteiger partial charge is 0.462 e. The standard InChI is InChI=1S/C48H92N2O6/c1-39(2)29-23-17-15-21-27-33-53-49-45(5,6)35-41(36-46(49,7)8)55-43(51)31-25-19-13-14-20-26-32-44(52)56-42-37-47(9,10)50(48(11,12)38-42)54-34-28-22-16-18-24-30-40(3)4/h39-42H,13-38H2,1-12H3. The Balaban J connectivity index is 1.56. The number of piperidine rings is 2. The molecule has 0 atom stereocenters. The zero-order chi connectivity index (χ0) is 41.8. The molecule has 8 heteroatoms. The van der Waals surface area contributed by atoms with E-state index in [1.807, 2.05) is 0 Å². The molecule has 2 rings (SSSR count). The molecule has 2 heterocycles. The average molecular weight is 793 g/mol. The number of esters is 2. The third kappa shape index (κ3) is 20.2. The van der Waals surface area contributed by atoms with E-state index in [2.05, 4.69) is 93.2 Å². The molecule has 0 saturated carbocycles. The quantitative estimate of drug-likeness (QED) is 0.0547. The molecule has 2 aliphatic heterocycles. The summed E-state index contributed by atoms with van der Waals surface area (Å²) in [6, 6.07) is 0. The fourth-order valence-electron chi connectivity index (χ4n) is 9.63. The Morgan fingerprint density at radius 3 is 1.02 bits per heavy atom. The lowest BCUT2D eigenvalue weighted by molar-refractivity contribution is -0.293. The fourth-order valence-corrected chi connectivity index (χ4v) is 9.63. The molecule has 0 unspecified atom stereocenters. The van der Waals surface area contributed by atoms with Crippen molar-refractivity contribution >= 4 is 11.9 Å². The molecule has 56 heavy (non-hydrogen) atoms. The average Bonchev–Trinajstić information content (AvgIpc) is 3.05. The molecule has 330 valence electrons. The third-order valence-corrected chi connectivity index (χ3v) is 12.0. The van der Waals surface area contributed by atoms with Crippen LogP contribution in [0.1, 0.15) is 237 Å². The maximum absolute atomic E-state index is 12.8. The first-order valence-electron chi connectivity index (χ1n) is 23.5. The molecule has 0 aromatic heterocycles. The van der Waals surface area contributed by atoms with Crippen molar-refractivity contribution in [1.82, 2.24) is 10.1 Å². The van der Waals surface area contributed by atoms with Crippen molar-refractivity contribution in [2.75, 3.05) is 13.2 Å². The molecule has 0 radical (unpaired) electrons. The monoisotopic (exact) mass is 793 g/mol. The van der Waals surface area contributed by atoms with Gasteiger partial charge in [0.1, 0.15) is 12.2 Å². The van der Waals surface area contributed by atoms with Gasteiger partial charge in [-0.1, -0.05) is 118 Å². The summed E-state index contributed by atoms with van der Waals surface area (Å²) in [6.45, 7) is 28.4. The van der Waals surface area contributed by atoms with Crippen LogP contribution in [0.3, 0.4) is 0 Å². The normalized spacial score (nSPS) is 20.2. The van der Waals surface area contributed by atoms with Gasteiger partial charge in [0.2, 0.25) is 0 Å². The Morgan fingerprint density at radius 2 is 0.714 bits per heavy atom. The molecule has 0 aromatic rings. The van der Waals surface area contributed by atoms with Crippen molar-refractivity contribution in [2.45, 2.75) is 272 Å².